The van der Waals surface area contributed by atoms with Crippen molar-refractivity contribution in [2.75, 3.05) is 19.6 Å². The maximum Gasteiger partial charge on any atom is 0.254 e. The first kappa shape index (κ1) is 17.6. The molecule has 0 saturated carbocycles. The first-order valence-electron chi connectivity index (χ1n) is 6.15. The van der Waals surface area contributed by atoms with Crippen LogP contribution in [0.2, 0.25) is 0 Å². The number of amides is 3. The van der Waals surface area contributed by atoms with Gasteiger partial charge in [-0.3, -0.25) is 19.3 Å². The maximum atomic E-state index is 11.5. The Morgan fingerprint density at radius 1 is 1.11 bits per heavy atom. The summed E-state index contributed by atoms with van der Waals surface area (Å²) in [6.07, 6.45) is 6.28. The molecule has 0 aromatic heterocycles. The van der Waals surface area contributed by atoms with Crippen molar-refractivity contribution in [1.29, 1.82) is 0 Å². The summed E-state index contributed by atoms with van der Waals surface area (Å²) in [5.41, 5.74) is 5.36. The molecule has 1 rings (SSSR count). The second-order valence-electron chi connectivity index (χ2n) is 4.15. The molecule has 3 amide bonds. The summed E-state index contributed by atoms with van der Waals surface area (Å²) in [5.74, 6) is -1.17. The van der Waals surface area contributed by atoms with Crippen LogP contribution >= 0.6 is 12.4 Å². The lowest BCUT2D eigenvalue weighted by molar-refractivity contribution is -0.141. The van der Waals surface area contributed by atoms with Crippen molar-refractivity contribution >= 4 is 30.1 Å². The van der Waals surface area contributed by atoms with Gasteiger partial charge in [0.1, 0.15) is 6.54 Å². The third-order valence-corrected chi connectivity index (χ3v) is 2.66. The van der Waals surface area contributed by atoms with Crippen LogP contribution in [-0.2, 0) is 14.4 Å². The Balaban J connectivity index is 0.00000324. The fourth-order valence-corrected chi connectivity index (χ4v) is 1.64. The number of unbranched alkanes of at least 4 members (excludes halogenated alkanes) is 3. The minimum Gasteiger partial charge on any atom is -0.355 e. The average Bonchev–Trinajstić information content (AvgIpc) is 2.65. The number of halogens is 1. The van der Waals surface area contributed by atoms with Gasteiger partial charge in [0.2, 0.25) is 5.91 Å². The lowest BCUT2D eigenvalue weighted by Gasteiger charge is -2.13. The molecule has 1 aliphatic heterocycles. The van der Waals surface area contributed by atoms with Gasteiger partial charge in [-0.05, 0) is 19.4 Å². The molecule has 0 bridgehead atoms. The van der Waals surface area contributed by atoms with Crippen LogP contribution in [0.1, 0.15) is 25.7 Å². The number of hydrogen-bond acceptors (Lipinski definition) is 4. The molecule has 0 aromatic rings. The molecule has 1 aliphatic rings. The highest BCUT2D eigenvalue weighted by atomic mass is 35.5. The second-order valence-corrected chi connectivity index (χ2v) is 4.15. The van der Waals surface area contributed by atoms with Gasteiger partial charge in [-0.1, -0.05) is 12.8 Å². The van der Waals surface area contributed by atoms with Gasteiger partial charge in [0.25, 0.3) is 11.8 Å². The third-order valence-electron chi connectivity index (χ3n) is 2.66. The van der Waals surface area contributed by atoms with E-state index in [0.717, 1.165) is 30.6 Å². The highest BCUT2D eigenvalue weighted by molar-refractivity contribution is 6.14. The lowest BCUT2D eigenvalue weighted by atomic mass is 10.2. The molecular weight excluding hydrogens is 270 g/mol. The predicted molar refractivity (Wildman–Crippen MR) is 73.6 cm³/mol. The van der Waals surface area contributed by atoms with Crippen LogP contribution in [-0.4, -0.2) is 42.3 Å². The molecule has 0 spiro atoms. The highest BCUT2D eigenvalue weighted by Gasteiger charge is 2.25. The van der Waals surface area contributed by atoms with Crippen LogP contribution in [0.5, 0.6) is 0 Å². The summed E-state index contributed by atoms with van der Waals surface area (Å²) >= 11 is 0. The second kappa shape index (κ2) is 9.52. The SMILES string of the molecule is Cl.NCCCCCCNC(=O)CN1C(=O)C=CC1=O. The molecule has 0 aliphatic carbocycles. The average molecular weight is 290 g/mol. The summed E-state index contributed by atoms with van der Waals surface area (Å²) in [6, 6.07) is 0. The van der Waals surface area contributed by atoms with Crippen LogP contribution in [0.3, 0.4) is 0 Å². The Morgan fingerprint density at radius 2 is 1.68 bits per heavy atom. The predicted octanol–water partition coefficient (Wildman–Crippen LogP) is -0.0315. The molecular formula is C12H20ClN3O3. The molecule has 19 heavy (non-hydrogen) atoms. The van der Waals surface area contributed by atoms with Crippen LogP contribution in [0.15, 0.2) is 12.2 Å². The van der Waals surface area contributed by atoms with Gasteiger partial charge < -0.3 is 11.1 Å². The van der Waals surface area contributed by atoms with E-state index in [4.69, 9.17) is 5.73 Å². The van der Waals surface area contributed by atoms with Crippen LogP contribution in [0.25, 0.3) is 0 Å². The Hall–Kier alpha value is -1.40. The molecule has 7 heteroatoms. The van der Waals surface area contributed by atoms with E-state index in [1.807, 2.05) is 0 Å². The number of nitrogens with one attached hydrogen (secondary N) is 1. The number of nitrogens with zero attached hydrogens (tertiary/aromatic N) is 1. The molecule has 0 unspecified atom stereocenters. The number of imide groups is 1. The maximum absolute atomic E-state index is 11.5. The smallest absolute Gasteiger partial charge is 0.254 e. The van der Waals surface area contributed by atoms with Crippen molar-refractivity contribution in [3.05, 3.63) is 12.2 Å². The Bertz CT molecular complexity index is 340. The summed E-state index contributed by atoms with van der Waals surface area (Å²) in [7, 11) is 0. The summed E-state index contributed by atoms with van der Waals surface area (Å²) in [5, 5.41) is 2.68. The van der Waals surface area contributed by atoms with E-state index in [1.54, 1.807) is 0 Å². The minimum absolute atomic E-state index is 0. The van der Waals surface area contributed by atoms with Crippen molar-refractivity contribution in [2.45, 2.75) is 25.7 Å². The van der Waals surface area contributed by atoms with E-state index in [0.29, 0.717) is 13.1 Å². The largest absolute Gasteiger partial charge is 0.355 e. The normalized spacial score (nSPS) is 13.6. The van der Waals surface area contributed by atoms with Crippen molar-refractivity contribution < 1.29 is 14.4 Å². The molecule has 0 saturated heterocycles. The van der Waals surface area contributed by atoms with Crippen LogP contribution in [0, 0.1) is 0 Å². The van der Waals surface area contributed by atoms with E-state index in [1.165, 1.54) is 12.2 Å². The fraction of sp³-hybridized carbons (Fsp3) is 0.583. The van der Waals surface area contributed by atoms with Gasteiger partial charge in [0.05, 0.1) is 0 Å². The number of rotatable bonds is 8. The van der Waals surface area contributed by atoms with Gasteiger partial charge in [-0.25, -0.2) is 0 Å². The number of carbonyl (C=O) groups is 3. The van der Waals surface area contributed by atoms with Crippen molar-refractivity contribution in [3.63, 3.8) is 0 Å². The van der Waals surface area contributed by atoms with E-state index >= 15 is 0 Å². The molecule has 1 heterocycles. The summed E-state index contributed by atoms with van der Waals surface area (Å²) < 4.78 is 0. The molecule has 0 radical (unpaired) electrons. The van der Waals surface area contributed by atoms with Crippen molar-refractivity contribution in [3.8, 4) is 0 Å². The molecule has 6 nitrogen and oxygen atoms in total. The van der Waals surface area contributed by atoms with E-state index in [9.17, 15) is 14.4 Å². The standard InChI is InChI=1S/C12H19N3O3.ClH/c13-7-3-1-2-4-8-14-10(16)9-15-11(17)5-6-12(15)18;/h5-6H,1-4,7-9,13H2,(H,14,16);1H. The van der Waals surface area contributed by atoms with Crippen LogP contribution < -0.4 is 11.1 Å². The molecule has 0 aromatic carbocycles. The molecule has 0 fully saturated rings. The molecule has 3 N–H and O–H groups in total. The first-order chi connectivity index (χ1) is 8.65. The van der Waals surface area contributed by atoms with Gasteiger partial charge in [0, 0.05) is 18.7 Å². The van der Waals surface area contributed by atoms with E-state index in [-0.39, 0.29) is 24.9 Å². The number of hydrogen-bond donors (Lipinski definition) is 2. The highest BCUT2D eigenvalue weighted by Crippen LogP contribution is 2.02. The van der Waals surface area contributed by atoms with Crippen molar-refractivity contribution in [2.24, 2.45) is 5.73 Å². The number of carbonyl (C=O) groups excluding carboxylic acids is 3. The quantitative estimate of drug-likeness (QED) is 0.485. The molecule has 108 valence electrons. The Morgan fingerprint density at radius 3 is 2.26 bits per heavy atom. The van der Waals surface area contributed by atoms with Gasteiger partial charge in [-0.2, -0.15) is 0 Å². The minimum atomic E-state index is -0.432. The lowest BCUT2D eigenvalue weighted by Crippen LogP contribution is -2.40. The fourth-order valence-electron chi connectivity index (χ4n) is 1.64. The zero-order valence-electron chi connectivity index (χ0n) is 10.8. The Labute approximate surface area is 118 Å². The zero-order chi connectivity index (χ0) is 13.4. The monoisotopic (exact) mass is 289 g/mol. The van der Waals surface area contributed by atoms with Gasteiger partial charge >= 0.3 is 0 Å². The topological polar surface area (TPSA) is 92.5 Å². The first-order valence-corrected chi connectivity index (χ1v) is 6.15. The summed E-state index contributed by atoms with van der Waals surface area (Å²) in [4.78, 5) is 34.8. The number of nitrogens with two attached hydrogens (primary N) is 1. The van der Waals surface area contributed by atoms with Crippen molar-refractivity contribution in [1.82, 2.24) is 10.2 Å². The van der Waals surface area contributed by atoms with Gasteiger partial charge in [0.15, 0.2) is 0 Å². The zero-order valence-corrected chi connectivity index (χ0v) is 11.6. The Kier molecular flexibility index (Phi) is 8.82. The molecule has 0 atom stereocenters. The van der Waals surface area contributed by atoms with Gasteiger partial charge in [-0.15, -0.1) is 12.4 Å². The summed E-state index contributed by atoms with van der Waals surface area (Å²) in [6.45, 7) is 1.05. The van der Waals surface area contributed by atoms with E-state index in [2.05, 4.69) is 5.32 Å². The van der Waals surface area contributed by atoms with E-state index < -0.39 is 11.8 Å². The van der Waals surface area contributed by atoms with Crippen LogP contribution in [0.4, 0.5) is 0 Å². The third kappa shape index (κ3) is 6.35.